The van der Waals surface area contributed by atoms with Crippen LogP contribution in [0.2, 0.25) is 0 Å². The van der Waals surface area contributed by atoms with Crippen molar-refractivity contribution in [2.24, 2.45) is 23.7 Å². The van der Waals surface area contributed by atoms with Gasteiger partial charge in [-0.15, -0.1) is 0 Å². The van der Waals surface area contributed by atoms with Crippen LogP contribution in [-0.4, -0.2) is 22.2 Å². The summed E-state index contributed by atoms with van der Waals surface area (Å²) >= 11 is 0. The monoisotopic (exact) mass is 224 g/mol. The van der Waals surface area contributed by atoms with Crippen molar-refractivity contribution >= 4 is 11.9 Å². The zero-order valence-corrected chi connectivity index (χ0v) is 9.00. The van der Waals surface area contributed by atoms with Gasteiger partial charge in [-0.3, -0.25) is 9.59 Å². The van der Waals surface area contributed by atoms with Crippen molar-refractivity contribution in [2.45, 2.75) is 25.7 Å². The van der Waals surface area contributed by atoms with Crippen LogP contribution >= 0.6 is 0 Å². The van der Waals surface area contributed by atoms with Gasteiger partial charge in [0.1, 0.15) is 0 Å². The van der Waals surface area contributed by atoms with E-state index < -0.39 is 17.9 Å². The Kier molecular flexibility index (Phi) is 2.99. The first-order valence-electron chi connectivity index (χ1n) is 5.69. The lowest BCUT2D eigenvalue weighted by Crippen LogP contribution is -2.22. The maximum atomic E-state index is 10.9. The highest BCUT2D eigenvalue weighted by atomic mass is 16.4. The summed E-state index contributed by atoms with van der Waals surface area (Å²) in [6.45, 7) is 0. The van der Waals surface area contributed by atoms with Crippen molar-refractivity contribution in [1.29, 1.82) is 0 Å². The molecule has 2 aliphatic rings. The number of hydrogen-bond acceptors (Lipinski definition) is 2. The molecule has 0 radical (unpaired) electrons. The van der Waals surface area contributed by atoms with Crippen LogP contribution in [0.4, 0.5) is 0 Å². The van der Waals surface area contributed by atoms with E-state index in [9.17, 15) is 9.59 Å². The van der Waals surface area contributed by atoms with Crippen LogP contribution < -0.4 is 0 Å². The van der Waals surface area contributed by atoms with Gasteiger partial charge in [0.2, 0.25) is 0 Å². The van der Waals surface area contributed by atoms with Gasteiger partial charge in [-0.05, 0) is 37.0 Å². The first kappa shape index (κ1) is 11.2. The van der Waals surface area contributed by atoms with Gasteiger partial charge in [0.25, 0.3) is 0 Å². The molecule has 4 unspecified atom stereocenters. The summed E-state index contributed by atoms with van der Waals surface area (Å²) < 4.78 is 0. The Balaban J connectivity index is 1.93. The largest absolute Gasteiger partial charge is 0.481 e. The van der Waals surface area contributed by atoms with Gasteiger partial charge in [-0.2, -0.15) is 0 Å². The zero-order chi connectivity index (χ0) is 11.7. The third-order valence-electron chi connectivity index (χ3n) is 3.77. The minimum atomic E-state index is -1.02. The van der Waals surface area contributed by atoms with Crippen molar-refractivity contribution < 1.29 is 19.8 Å². The summed E-state index contributed by atoms with van der Waals surface area (Å²) in [6, 6.07) is 0. The highest BCUT2D eigenvalue weighted by Gasteiger charge is 2.38. The average Bonchev–Trinajstić information content (AvgIpc) is 2.77. The van der Waals surface area contributed by atoms with Gasteiger partial charge < -0.3 is 10.2 Å². The highest BCUT2D eigenvalue weighted by molar-refractivity contribution is 5.77. The molecular weight excluding hydrogens is 208 g/mol. The Morgan fingerprint density at radius 3 is 2.44 bits per heavy atom. The molecule has 0 heterocycles. The molecule has 4 nitrogen and oxygen atoms in total. The Labute approximate surface area is 94.0 Å². The molecule has 0 aromatic carbocycles. The van der Waals surface area contributed by atoms with Gasteiger partial charge in [-0.25, -0.2) is 0 Å². The molecule has 0 spiro atoms. The van der Waals surface area contributed by atoms with Crippen LogP contribution in [0.3, 0.4) is 0 Å². The van der Waals surface area contributed by atoms with E-state index in [2.05, 4.69) is 12.2 Å². The molecule has 2 rings (SSSR count). The molecule has 0 aliphatic heterocycles. The summed E-state index contributed by atoms with van der Waals surface area (Å²) in [6.07, 6.45) is 6.78. The summed E-state index contributed by atoms with van der Waals surface area (Å²) in [4.78, 5) is 21.5. The fourth-order valence-corrected chi connectivity index (χ4v) is 3.01. The second-order valence-corrected chi connectivity index (χ2v) is 4.91. The third-order valence-corrected chi connectivity index (χ3v) is 3.77. The second kappa shape index (κ2) is 4.28. The molecule has 0 saturated heterocycles. The number of carboxylic acid groups (broad SMARTS) is 2. The number of fused-ring (bicyclic) bond motifs is 2. The number of carboxylic acids is 2. The Hall–Kier alpha value is -1.32. The van der Waals surface area contributed by atoms with Gasteiger partial charge in [-0.1, -0.05) is 12.2 Å². The zero-order valence-electron chi connectivity index (χ0n) is 9.00. The minimum absolute atomic E-state index is 0.257. The summed E-state index contributed by atoms with van der Waals surface area (Å²) in [5.41, 5.74) is 0. The smallest absolute Gasteiger partial charge is 0.307 e. The van der Waals surface area contributed by atoms with E-state index in [4.69, 9.17) is 10.2 Å². The van der Waals surface area contributed by atoms with E-state index in [0.29, 0.717) is 24.2 Å². The fraction of sp³-hybridized carbons (Fsp3) is 0.667. The first-order chi connectivity index (χ1) is 7.56. The van der Waals surface area contributed by atoms with Gasteiger partial charge in [0, 0.05) is 0 Å². The predicted octanol–water partition coefficient (Wildman–Crippen LogP) is 1.76. The van der Waals surface area contributed by atoms with E-state index in [1.807, 2.05) is 0 Å². The number of carbonyl (C=O) groups is 2. The van der Waals surface area contributed by atoms with Crippen LogP contribution in [0, 0.1) is 23.7 Å². The van der Waals surface area contributed by atoms with Gasteiger partial charge in [0.15, 0.2) is 0 Å². The lowest BCUT2D eigenvalue weighted by Gasteiger charge is -2.21. The normalized spacial score (nSPS) is 32.9. The maximum absolute atomic E-state index is 10.9. The molecular formula is C12H16O4. The summed E-state index contributed by atoms with van der Waals surface area (Å²) in [7, 11) is 0. The topological polar surface area (TPSA) is 74.6 Å². The molecule has 88 valence electrons. The van der Waals surface area contributed by atoms with Gasteiger partial charge >= 0.3 is 11.9 Å². The summed E-state index contributed by atoms with van der Waals surface area (Å²) in [5, 5.41) is 17.6. The summed E-state index contributed by atoms with van der Waals surface area (Å²) in [5.74, 6) is -1.26. The highest BCUT2D eigenvalue weighted by Crippen LogP contribution is 2.46. The van der Waals surface area contributed by atoms with Crippen LogP contribution in [0.15, 0.2) is 12.2 Å². The number of allylic oxidation sites excluding steroid dienone is 2. The molecule has 4 heteroatoms. The predicted molar refractivity (Wildman–Crippen MR) is 56.8 cm³/mol. The van der Waals surface area contributed by atoms with E-state index in [-0.39, 0.29) is 6.42 Å². The lowest BCUT2D eigenvalue weighted by molar-refractivity contribution is -0.149. The quantitative estimate of drug-likeness (QED) is 0.698. The van der Waals surface area contributed by atoms with Crippen LogP contribution in [0.1, 0.15) is 25.7 Å². The molecule has 16 heavy (non-hydrogen) atoms. The van der Waals surface area contributed by atoms with Crippen molar-refractivity contribution in [3.8, 4) is 0 Å². The van der Waals surface area contributed by atoms with E-state index in [0.717, 1.165) is 12.8 Å². The molecule has 0 amide bonds. The van der Waals surface area contributed by atoms with Crippen molar-refractivity contribution in [3.63, 3.8) is 0 Å². The maximum Gasteiger partial charge on any atom is 0.307 e. The Morgan fingerprint density at radius 1 is 1.25 bits per heavy atom. The van der Waals surface area contributed by atoms with Crippen LogP contribution in [0.25, 0.3) is 0 Å². The Morgan fingerprint density at radius 2 is 2.00 bits per heavy atom. The van der Waals surface area contributed by atoms with Crippen LogP contribution in [-0.2, 0) is 9.59 Å². The van der Waals surface area contributed by atoms with E-state index >= 15 is 0 Å². The van der Waals surface area contributed by atoms with Crippen molar-refractivity contribution in [1.82, 2.24) is 0 Å². The fourth-order valence-electron chi connectivity index (χ4n) is 3.01. The van der Waals surface area contributed by atoms with E-state index in [1.54, 1.807) is 0 Å². The van der Waals surface area contributed by atoms with E-state index in [1.165, 1.54) is 0 Å². The number of aliphatic carboxylic acids is 2. The molecule has 1 saturated carbocycles. The number of rotatable bonds is 5. The van der Waals surface area contributed by atoms with Crippen molar-refractivity contribution in [2.75, 3.05) is 0 Å². The molecule has 0 aromatic heterocycles. The second-order valence-electron chi connectivity index (χ2n) is 4.91. The lowest BCUT2D eigenvalue weighted by atomic mass is 9.84. The van der Waals surface area contributed by atoms with Crippen molar-refractivity contribution in [3.05, 3.63) is 12.2 Å². The molecule has 2 bridgehead atoms. The molecule has 4 atom stereocenters. The third kappa shape index (κ3) is 2.26. The van der Waals surface area contributed by atoms with Gasteiger partial charge in [0.05, 0.1) is 12.3 Å². The average molecular weight is 224 g/mol. The molecule has 2 N–H and O–H groups in total. The SMILES string of the molecule is O=C(O)CC(CC1CC2C=CC1C2)C(=O)O. The first-order valence-corrected chi connectivity index (χ1v) is 5.69. The molecule has 0 aromatic rings. The number of hydrogen-bond donors (Lipinski definition) is 2. The Bertz CT molecular complexity index is 334. The molecule has 1 fully saturated rings. The minimum Gasteiger partial charge on any atom is -0.481 e. The standard InChI is InChI=1S/C12H16O4/c13-11(14)6-10(12(15)16)5-9-4-7-1-2-8(9)3-7/h1-2,7-10H,3-6H2,(H,13,14)(H,15,16). The molecule has 2 aliphatic carbocycles. The van der Waals surface area contributed by atoms with Crippen LogP contribution in [0.5, 0.6) is 0 Å².